The highest BCUT2D eigenvalue weighted by Gasteiger charge is 2.37. The molecule has 0 aromatic carbocycles. The second kappa shape index (κ2) is 3.93. The van der Waals surface area contributed by atoms with Gasteiger partial charge in [-0.1, -0.05) is 0 Å². The van der Waals surface area contributed by atoms with Crippen LogP contribution in [0, 0.1) is 0 Å². The zero-order valence-electron chi connectivity index (χ0n) is 8.66. The highest BCUT2D eigenvalue weighted by atomic mass is 32.2. The van der Waals surface area contributed by atoms with Crippen molar-refractivity contribution in [1.29, 1.82) is 0 Å². The van der Waals surface area contributed by atoms with E-state index in [1.165, 1.54) is 0 Å². The van der Waals surface area contributed by atoms with Crippen LogP contribution >= 0.6 is 0 Å². The van der Waals surface area contributed by atoms with Crippen molar-refractivity contribution in [3.05, 3.63) is 22.7 Å². The molecular formula is C8H10N4O4S. The molecule has 1 unspecified atom stereocenters. The third kappa shape index (κ3) is 2.34. The predicted octanol–water partition coefficient (Wildman–Crippen LogP) is -1.84. The van der Waals surface area contributed by atoms with Crippen molar-refractivity contribution in [2.75, 3.05) is 11.4 Å². The standard InChI is InChI=1S/C8H10N4O4S/c9-17(15,16)5-1-8(14)12(3-5)6-2-7(13)11-4-10-6/h2,4-5H,1,3H2,(H2,9,15,16)(H,10,11,13). The summed E-state index contributed by atoms with van der Waals surface area (Å²) >= 11 is 0. The van der Waals surface area contributed by atoms with Crippen LogP contribution < -0.4 is 15.6 Å². The summed E-state index contributed by atoms with van der Waals surface area (Å²) in [6.07, 6.45) is 0.961. The van der Waals surface area contributed by atoms with E-state index in [0.29, 0.717) is 0 Å². The Morgan fingerprint density at radius 1 is 1.47 bits per heavy atom. The molecule has 1 aliphatic rings. The van der Waals surface area contributed by atoms with Gasteiger partial charge in [-0.15, -0.1) is 0 Å². The van der Waals surface area contributed by atoms with Crippen LogP contribution in [0.4, 0.5) is 5.82 Å². The summed E-state index contributed by atoms with van der Waals surface area (Å²) in [5, 5.41) is 4.03. The fourth-order valence-electron chi connectivity index (χ4n) is 1.62. The number of nitrogens with two attached hydrogens (primary N) is 1. The summed E-state index contributed by atoms with van der Waals surface area (Å²) in [5.74, 6) is -0.285. The van der Waals surface area contributed by atoms with Gasteiger partial charge < -0.3 is 4.98 Å². The monoisotopic (exact) mass is 258 g/mol. The number of primary sulfonamides is 1. The molecule has 3 N–H and O–H groups in total. The van der Waals surface area contributed by atoms with Crippen LogP contribution in [-0.2, 0) is 14.8 Å². The number of H-pyrrole nitrogens is 1. The first kappa shape index (κ1) is 11.7. The topological polar surface area (TPSA) is 126 Å². The Morgan fingerprint density at radius 2 is 2.18 bits per heavy atom. The molecule has 0 bridgehead atoms. The third-order valence-corrected chi connectivity index (χ3v) is 3.74. The second-order valence-corrected chi connectivity index (χ2v) is 5.53. The van der Waals surface area contributed by atoms with E-state index in [1.54, 1.807) is 0 Å². The Balaban J connectivity index is 2.31. The molecule has 0 radical (unpaired) electrons. The summed E-state index contributed by atoms with van der Waals surface area (Å²) < 4.78 is 22.3. The number of nitrogens with one attached hydrogen (secondary N) is 1. The van der Waals surface area contributed by atoms with E-state index in [0.717, 1.165) is 17.3 Å². The molecule has 8 nitrogen and oxygen atoms in total. The van der Waals surface area contributed by atoms with Gasteiger partial charge in [0.05, 0.1) is 6.33 Å². The first-order valence-electron chi connectivity index (χ1n) is 4.74. The van der Waals surface area contributed by atoms with Gasteiger partial charge in [0.2, 0.25) is 15.9 Å². The Hall–Kier alpha value is -1.74. The predicted molar refractivity (Wildman–Crippen MR) is 58.7 cm³/mol. The maximum Gasteiger partial charge on any atom is 0.252 e. The van der Waals surface area contributed by atoms with E-state index < -0.39 is 26.7 Å². The molecule has 0 saturated carbocycles. The maximum absolute atomic E-state index is 11.6. The molecule has 0 spiro atoms. The van der Waals surface area contributed by atoms with Crippen molar-refractivity contribution in [1.82, 2.24) is 9.97 Å². The molecule has 1 fully saturated rings. The van der Waals surface area contributed by atoms with Gasteiger partial charge in [0.15, 0.2) is 0 Å². The zero-order chi connectivity index (χ0) is 12.6. The van der Waals surface area contributed by atoms with E-state index in [2.05, 4.69) is 9.97 Å². The summed E-state index contributed by atoms with van der Waals surface area (Å²) in [7, 11) is -3.76. The third-order valence-electron chi connectivity index (χ3n) is 2.49. The van der Waals surface area contributed by atoms with E-state index in [9.17, 15) is 18.0 Å². The van der Waals surface area contributed by atoms with Gasteiger partial charge in [0, 0.05) is 19.0 Å². The Bertz CT molecular complexity index is 608. The molecule has 2 heterocycles. The molecule has 92 valence electrons. The number of carbonyl (C=O) groups is 1. The number of aromatic nitrogens is 2. The van der Waals surface area contributed by atoms with Gasteiger partial charge in [0.1, 0.15) is 11.1 Å². The molecule has 1 saturated heterocycles. The average Bonchev–Trinajstić information content (AvgIpc) is 2.60. The minimum Gasteiger partial charge on any atom is -0.313 e. The van der Waals surface area contributed by atoms with Gasteiger partial charge in [-0.2, -0.15) is 0 Å². The lowest BCUT2D eigenvalue weighted by Crippen LogP contribution is -2.32. The van der Waals surface area contributed by atoms with Crippen molar-refractivity contribution < 1.29 is 13.2 Å². The van der Waals surface area contributed by atoms with E-state index in [4.69, 9.17) is 5.14 Å². The van der Waals surface area contributed by atoms with Crippen molar-refractivity contribution in [2.45, 2.75) is 11.7 Å². The maximum atomic E-state index is 11.6. The number of hydrogen-bond donors (Lipinski definition) is 2. The number of sulfonamides is 1. The normalized spacial score (nSPS) is 20.9. The van der Waals surface area contributed by atoms with E-state index in [-0.39, 0.29) is 18.8 Å². The van der Waals surface area contributed by atoms with Crippen LogP contribution in [0.3, 0.4) is 0 Å². The minimum absolute atomic E-state index is 0.0753. The van der Waals surface area contributed by atoms with Gasteiger partial charge in [-0.25, -0.2) is 18.5 Å². The molecule has 0 aliphatic carbocycles. The van der Waals surface area contributed by atoms with Gasteiger partial charge in [-0.05, 0) is 0 Å². The van der Waals surface area contributed by atoms with Crippen molar-refractivity contribution in [3.8, 4) is 0 Å². The number of aromatic amines is 1. The van der Waals surface area contributed by atoms with Crippen LogP contribution in [0.15, 0.2) is 17.2 Å². The molecule has 1 aromatic heterocycles. The van der Waals surface area contributed by atoms with Crippen LogP contribution in [-0.4, -0.2) is 36.1 Å². The average molecular weight is 258 g/mol. The first-order valence-corrected chi connectivity index (χ1v) is 6.35. The van der Waals surface area contributed by atoms with Gasteiger partial charge in [0.25, 0.3) is 5.56 Å². The number of rotatable bonds is 2. The molecule has 2 rings (SSSR count). The lowest BCUT2D eigenvalue weighted by atomic mass is 10.4. The number of anilines is 1. The minimum atomic E-state index is -3.76. The second-order valence-electron chi connectivity index (χ2n) is 3.69. The highest BCUT2D eigenvalue weighted by Crippen LogP contribution is 2.20. The summed E-state index contributed by atoms with van der Waals surface area (Å²) in [4.78, 5) is 29.9. The fraction of sp³-hybridized carbons (Fsp3) is 0.375. The number of hydrogen-bond acceptors (Lipinski definition) is 5. The first-order chi connectivity index (χ1) is 7.88. The van der Waals surface area contributed by atoms with Crippen LogP contribution in [0.2, 0.25) is 0 Å². The molecule has 9 heteroatoms. The molecule has 1 atom stereocenters. The summed E-state index contributed by atoms with van der Waals surface area (Å²) in [5.41, 5.74) is -0.415. The van der Waals surface area contributed by atoms with Crippen molar-refractivity contribution in [2.24, 2.45) is 5.14 Å². The number of carbonyl (C=O) groups excluding carboxylic acids is 1. The molecule has 1 aliphatic heterocycles. The largest absolute Gasteiger partial charge is 0.313 e. The van der Waals surface area contributed by atoms with E-state index in [1.807, 2.05) is 0 Å². The molecule has 1 aromatic rings. The number of amides is 1. The number of nitrogens with zero attached hydrogens (tertiary/aromatic N) is 2. The molecule has 17 heavy (non-hydrogen) atoms. The van der Waals surface area contributed by atoms with Crippen LogP contribution in [0.1, 0.15) is 6.42 Å². The zero-order valence-corrected chi connectivity index (χ0v) is 9.48. The SMILES string of the molecule is NS(=O)(=O)C1CC(=O)N(c2cc(=O)[nH]cn2)C1. The van der Waals surface area contributed by atoms with Crippen LogP contribution in [0.25, 0.3) is 0 Å². The summed E-state index contributed by atoms with van der Waals surface area (Å²) in [6.45, 7) is -0.0753. The van der Waals surface area contributed by atoms with Crippen LogP contribution in [0.5, 0.6) is 0 Å². The molecule has 1 amide bonds. The quantitative estimate of drug-likeness (QED) is 0.644. The Morgan fingerprint density at radius 3 is 2.71 bits per heavy atom. The lowest BCUT2D eigenvalue weighted by Gasteiger charge is -2.13. The van der Waals surface area contributed by atoms with Gasteiger partial charge >= 0.3 is 0 Å². The van der Waals surface area contributed by atoms with Crippen molar-refractivity contribution in [3.63, 3.8) is 0 Å². The molecular weight excluding hydrogens is 248 g/mol. The van der Waals surface area contributed by atoms with Crippen molar-refractivity contribution >= 4 is 21.7 Å². The van der Waals surface area contributed by atoms with E-state index >= 15 is 0 Å². The Labute approximate surface area is 96.5 Å². The highest BCUT2D eigenvalue weighted by molar-refractivity contribution is 7.89. The fourth-order valence-corrected chi connectivity index (χ4v) is 2.35. The summed E-state index contributed by atoms with van der Waals surface area (Å²) in [6, 6.07) is 1.13. The van der Waals surface area contributed by atoms with Gasteiger partial charge in [-0.3, -0.25) is 14.5 Å². The smallest absolute Gasteiger partial charge is 0.252 e. The lowest BCUT2D eigenvalue weighted by molar-refractivity contribution is -0.117. The Kier molecular flexibility index (Phi) is 2.71.